The van der Waals surface area contributed by atoms with Gasteiger partial charge in [-0.2, -0.15) is 0 Å². The van der Waals surface area contributed by atoms with Crippen molar-refractivity contribution in [2.24, 2.45) is 11.8 Å². The van der Waals surface area contributed by atoms with Crippen LogP contribution in [0.3, 0.4) is 0 Å². The first-order valence-corrected chi connectivity index (χ1v) is 21.5. The van der Waals surface area contributed by atoms with E-state index in [4.69, 9.17) is 0 Å². The largest absolute Gasteiger partial charge is 0.311 e. The van der Waals surface area contributed by atoms with E-state index in [2.05, 4.69) is 243 Å². The predicted octanol–water partition coefficient (Wildman–Crippen LogP) is 16.4. The van der Waals surface area contributed by atoms with E-state index in [1.54, 1.807) is 11.1 Å². The summed E-state index contributed by atoms with van der Waals surface area (Å²) in [7, 11) is 0. The molecule has 2 bridgehead atoms. The lowest BCUT2D eigenvalue weighted by atomic mass is 9.58. The second-order valence-electron chi connectivity index (χ2n) is 16.8. The second-order valence-corrected chi connectivity index (χ2v) is 16.8. The van der Waals surface area contributed by atoms with Gasteiger partial charge in [0, 0.05) is 46.0 Å². The minimum atomic E-state index is 0.437. The van der Waals surface area contributed by atoms with Crippen LogP contribution in [0.1, 0.15) is 50.2 Å². The first kappa shape index (κ1) is 37.4. The first-order valence-electron chi connectivity index (χ1n) is 21.5. The third-order valence-corrected chi connectivity index (χ3v) is 12.9. The smallest absolute Gasteiger partial charge is 0.0462 e. The van der Waals surface area contributed by atoms with Crippen molar-refractivity contribution in [3.05, 3.63) is 229 Å². The zero-order valence-electron chi connectivity index (χ0n) is 34.6. The number of allylic oxidation sites excluding steroid dienone is 2. The zero-order valence-corrected chi connectivity index (χ0v) is 34.6. The molecule has 292 valence electrons. The molecule has 0 fully saturated rings. The summed E-state index contributed by atoms with van der Waals surface area (Å²) in [6, 6.07) is 74.9. The lowest BCUT2D eigenvalue weighted by Gasteiger charge is -2.46. The molecule has 0 saturated carbocycles. The SMILES string of the molecule is CC1=CC2c3c(-c4ccccc4)ccc(-c4ccc(N(c5ccccc5)c5ccc(-c6ccc(N(c7ccccc7)c7ccccc7)cc6)cc5)cc4)c3C1CC2C(C)C. The van der Waals surface area contributed by atoms with Crippen LogP contribution in [0.5, 0.6) is 0 Å². The van der Waals surface area contributed by atoms with Crippen molar-refractivity contribution in [2.45, 2.75) is 39.0 Å². The fourth-order valence-electron chi connectivity index (χ4n) is 9.97. The number of nitrogens with zero attached hydrogens (tertiary/aromatic N) is 2. The lowest BCUT2D eigenvalue weighted by Crippen LogP contribution is -2.32. The minimum Gasteiger partial charge on any atom is -0.311 e. The van der Waals surface area contributed by atoms with E-state index in [1.807, 2.05) is 0 Å². The van der Waals surface area contributed by atoms with Gasteiger partial charge < -0.3 is 9.80 Å². The second kappa shape index (κ2) is 16.0. The van der Waals surface area contributed by atoms with Gasteiger partial charge in [0.1, 0.15) is 0 Å². The number of hydrogen-bond acceptors (Lipinski definition) is 2. The molecule has 0 amide bonds. The van der Waals surface area contributed by atoms with Crippen molar-refractivity contribution in [1.29, 1.82) is 0 Å². The van der Waals surface area contributed by atoms with Crippen LogP contribution >= 0.6 is 0 Å². The van der Waals surface area contributed by atoms with Gasteiger partial charge in [0.2, 0.25) is 0 Å². The van der Waals surface area contributed by atoms with Crippen LogP contribution in [-0.2, 0) is 0 Å². The summed E-state index contributed by atoms with van der Waals surface area (Å²) in [5.74, 6) is 2.17. The van der Waals surface area contributed by atoms with Crippen molar-refractivity contribution < 1.29 is 0 Å². The van der Waals surface area contributed by atoms with E-state index in [-0.39, 0.29) is 0 Å². The molecule has 2 nitrogen and oxygen atoms in total. The molecule has 60 heavy (non-hydrogen) atoms. The van der Waals surface area contributed by atoms with E-state index in [9.17, 15) is 0 Å². The predicted molar refractivity (Wildman–Crippen MR) is 254 cm³/mol. The fourth-order valence-corrected chi connectivity index (χ4v) is 9.97. The van der Waals surface area contributed by atoms with Gasteiger partial charge in [0.25, 0.3) is 0 Å². The summed E-state index contributed by atoms with van der Waals surface area (Å²) >= 11 is 0. The van der Waals surface area contributed by atoms with Crippen molar-refractivity contribution in [3.8, 4) is 33.4 Å². The Hall–Kier alpha value is -6.90. The Bertz CT molecular complexity index is 2700. The minimum absolute atomic E-state index is 0.437. The van der Waals surface area contributed by atoms with Gasteiger partial charge in [-0.05, 0) is 142 Å². The van der Waals surface area contributed by atoms with E-state index in [0.29, 0.717) is 23.7 Å². The van der Waals surface area contributed by atoms with Gasteiger partial charge >= 0.3 is 0 Å². The number of rotatable bonds is 10. The molecule has 3 aliphatic carbocycles. The van der Waals surface area contributed by atoms with Crippen LogP contribution < -0.4 is 9.80 Å². The number of hydrogen-bond donors (Lipinski definition) is 0. The normalized spacial score (nSPS) is 16.6. The summed E-state index contributed by atoms with van der Waals surface area (Å²) in [6.07, 6.45) is 3.83. The standard InChI is InChI=1S/C58H50N2/c1-40(2)54-39-55-41(3)38-56(54)58-52(44-16-8-4-9-17-44)36-37-53(57(55)58)45-28-34-51(35-29-45)60(48-22-14-7-15-23-48)50-32-26-43(27-33-50)42-24-30-49(31-25-42)59(46-18-10-5-11-19-46)47-20-12-6-13-21-47/h4-38,40,54-56H,39H2,1-3H3. The Kier molecular flexibility index (Phi) is 9.99. The molecular formula is C58H50N2. The molecule has 8 aromatic rings. The van der Waals surface area contributed by atoms with Crippen molar-refractivity contribution in [3.63, 3.8) is 0 Å². The molecule has 2 heteroatoms. The molecule has 0 spiro atoms. The number of anilines is 6. The van der Waals surface area contributed by atoms with Crippen LogP contribution in [0, 0.1) is 11.8 Å². The van der Waals surface area contributed by atoms with Gasteiger partial charge in [0.15, 0.2) is 0 Å². The zero-order chi connectivity index (χ0) is 40.6. The van der Waals surface area contributed by atoms with Crippen molar-refractivity contribution in [1.82, 2.24) is 0 Å². The Labute approximate surface area is 355 Å². The summed E-state index contributed by atoms with van der Waals surface area (Å²) in [5, 5.41) is 0. The number of fused-ring (bicyclic) bond motifs is 1. The third-order valence-electron chi connectivity index (χ3n) is 12.9. The highest BCUT2D eigenvalue weighted by atomic mass is 15.1. The molecule has 3 atom stereocenters. The molecule has 3 unspecified atom stereocenters. The lowest BCUT2D eigenvalue weighted by molar-refractivity contribution is 0.281. The molecule has 0 radical (unpaired) electrons. The summed E-state index contributed by atoms with van der Waals surface area (Å²) in [6.45, 7) is 7.19. The fraction of sp³-hybridized carbons (Fsp3) is 0.138. The van der Waals surface area contributed by atoms with Gasteiger partial charge in [-0.1, -0.05) is 159 Å². The van der Waals surface area contributed by atoms with Crippen LogP contribution in [0.25, 0.3) is 33.4 Å². The quantitative estimate of drug-likeness (QED) is 0.128. The van der Waals surface area contributed by atoms with Crippen LogP contribution in [0.15, 0.2) is 218 Å². The van der Waals surface area contributed by atoms with Crippen LogP contribution in [0.4, 0.5) is 34.1 Å². The maximum absolute atomic E-state index is 2.60. The Morgan fingerprint density at radius 2 is 0.733 bits per heavy atom. The molecule has 0 heterocycles. The molecule has 8 aromatic carbocycles. The third kappa shape index (κ3) is 6.92. The Morgan fingerprint density at radius 1 is 0.383 bits per heavy atom. The number of benzene rings is 8. The van der Waals surface area contributed by atoms with Crippen LogP contribution in [-0.4, -0.2) is 0 Å². The molecule has 0 aromatic heterocycles. The molecule has 0 aliphatic heterocycles. The van der Waals surface area contributed by atoms with E-state index < -0.39 is 0 Å². The molecule has 0 N–H and O–H groups in total. The number of para-hydroxylation sites is 3. The van der Waals surface area contributed by atoms with Gasteiger partial charge in [-0.25, -0.2) is 0 Å². The molecular weight excluding hydrogens is 725 g/mol. The maximum atomic E-state index is 2.60. The van der Waals surface area contributed by atoms with E-state index in [1.165, 1.54) is 45.4 Å². The highest BCUT2D eigenvalue weighted by Crippen LogP contribution is 2.58. The van der Waals surface area contributed by atoms with Gasteiger partial charge in [-0.3, -0.25) is 0 Å². The van der Waals surface area contributed by atoms with Crippen LogP contribution in [0.2, 0.25) is 0 Å². The van der Waals surface area contributed by atoms with Gasteiger partial charge in [-0.15, -0.1) is 0 Å². The Morgan fingerprint density at radius 3 is 1.15 bits per heavy atom. The highest BCUT2D eigenvalue weighted by Gasteiger charge is 2.42. The summed E-state index contributed by atoms with van der Waals surface area (Å²) < 4.78 is 0. The monoisotopic (exact) mass is 774 g/mol. The van der Waals surface area contributed by atoms with Crippen molar-refractivity contribution >= 4 is 34.1 Å². The summed E-state index contributed by atoms with van der Waals surface area (Å²) in [4.78, 5) is 4.67. The van der Waals surface area contributed by atoms with Gasteiger partial charge in [0.05, 0.1) is 0 Å². The Balaban J connectivity index is 0.975. The average molecular weight is 775 g/mol. The average Bonchev–Trinajstić information content (AvgIpc) is 3.31. The van der Waals surface area contributed by atoms with E-state index >= 15 is 0 Å². The summed E-state index contributed by atoms with van der Waals surface area (Å²) in [5.41, 5.74) is 19.1. The molecule has 11 rings (SSSR count). The topological polar surface area (TPSA) is 6.48 Å². The molecule has 0 saturated heterocycles. The highest BCUT2D eigenvalue weighted by molar-refractivity contribution is 5.84. The maximum Gasteiger partial charge on any atom is 0.0462 e. The molecule has 3 aliphatic rings. The first-order chi connectivity index (χ1) is 29.5. The van der Waals surface area contributed by atoms with Crippen molar-refractivity contribution in [2.75, 3.05) is 9.80 Å². The van der Waals surface area contributed by atoms with E-state index in [0.717, 1.165) is 34.1 Å².